The number of alkyl halides is 1. The highest BCUT2D eigenvalue weighted by atomic mass is 79.9. The Morgan fingerprint density at radius 2 is 2.08 bits per heavy atom. The second kappa shape index (κ2) is 6.41. The third kappa shape index (κ3) is 4.12. The zero-order chi connectivity index (χ0) is 9.52. The van der Waals surface area contributed by atoms with Gasteiger partial charge in [0, 0.05) is 24.8 Å². The second-order valence-electron chi connectivity index (χ2n) is 3.59. The summed E-state index contributed by atoms with van der Waals surface area (Å²) in [6, 6.07) is 0. The summed E-state index contributed by atoms with van der Waals surface area (Å²) in [5.74, 6) is 0.366. The summed E-state index contributed by atoms with van der Waals surface area (Å²) < 4.78 is 0. The van der Waals surface area contributed by atoms with Gasteiger partial charge in [0.1, 0.15) is 0 Å². The quantitative estimate of drug-likeness (QED) is 0.541. The Labute approximate surface area is 88.8 Å². The van der Waals surface area contributed by atoms with E-state index in [1.165, 1.54) is 19.3 Å². The average Bonchev–Trinajstić information content (AvgIpc) is 2.15. The maximum absolute atomic E-state index is 11.4. The van der Waals surface area contributed by atoms with Gasteiger partial charge in [-0.05, 0) is 25.7 Å². The lowest BCUT2D eigenvalue weighted by Crippen LogP contribution is -2.35. The molecule has 1 heterocycles. The van der Waals surface area contributed by atoms with Crippen LogP contribution in [0.5, 0.6) is 0 Å². The van der Waals surface area contributed by atoms with Crippen molar-refractivity contribution in [1.82, 2.24) is 4.90 Å². The Kier molecular flexibility index (Phi) is 5.44. The zero-order valence-corrected chi connectivity index (χ0v) is 9.68. The van der Waals surface area contributed by atoms with Crippen molar-refractivity contribution in [3.63, 3.8) is 0 Å². The predicted molar refractivity (Wildman–Crippen MR) is 58.1 cm³/mol. The van der Waals surface area contributed by atoms with Gasteiger partial charge in [-0.15, -0.1) is 0 Å². The number of amides is 1. The summed E-state index contributed by atoms with van der Waals surface area (Å²) in [5.41, 5.74) is 0. The van der Waals surface area contributed by atoms with Crippen LogP contribution in [0.2, 0.25) is 0 Å². The topological polar surface area (TPSA) is 20.3 Å². The van der Waals surface area contributed by atoms with Crippen LogP contribution in [0.1, 0.15) is 38.5 Å². The number of rotatable bonds is 5. The van der Waals surface area contributed by atoms with Gasteiger partial charge in [-0.3, -0.25) is 4.79 Å². The van der Waals surface area contributed by atoms with Crippen molar-refractivity contribution in [3.8, 4) is 0 Å². The van der Waals surface area contributed by atoms with E-state index >= 15 is 0 Å². The monoisotopic (exact) mass is 247 g/mol. The predicted octanol–water partition coefficient (Wildman–Crippen LogP) is 2.56. The normalized spacial score (nSPS) is 17.9. The van der Waals surface area contributed by atoms with Crippen LogP contribution in [-0.2, 0) is 4.79 Å². The van der Waals surface area contributed by atoms with Crippen molar-refractivity contribution in [1.29, 1.82) is 0 Å². The molecular formula is C10H18BrNO. The van der Waals surface area contributed by atoms with E-state index in [9.17, 15) is 4.79 Å². The Morgan fingerprint density at radius 1 is 1.23 bits per heavy atom. The molecule has 2 nitrogen and oxygen atoms in total. The molecule has 1 amide bonds. The minimum absolute atomic E-state index is 0.366. The maximum Gasteiger partial charge on any atom is 0.222 e. The molecular weight excluding hydrogens is 230 g/mol. The molecule has 0 bridgehead atoms. The number of likely N-dealkylation sites (tertiary alicyclic amines) is 1. The smallest absolute Gasteiger partial charge is 0.222 e. The number of hydrogen-bond donors (Lipinski definition) is 0. The summed E-state index contributed by atoms with van der Waals surface area (Å²) in [7, 11) is 0. The molecule has 0 aromatic carbocycles. The molecule has 1 saturated heterocycles. The van der Waals surface area contributed by atoms with E-state index < -0.39 is 0 Å². The summed E-state index contributed by atoms with van der Waals surface area (Å²) >= 11 is 3.41. The van der Waals surface area contributed by atoms with Crippen LogP contribution >= 0.6 is 15.9 Å². The molecule has 0 radical (unpaired) electrons. The lowest BCUT2D eigenvalue weighted by Gasteiger charge is -2.26. The first kappa shape index (κ1) is 11.0. The third-order valence-corrected chi connectivity index (χ3v) is 3.04. The standard InChI is InChI=1S/C10H18BrNO/c11-7-3-1-4-8-12-9-5-2-6-10(12)13/h1-9H2. The number of nitrogens with zero attached hydrogens (tertiary/aromatic N) is 1. The van der Waals surface area contributed by atoms with Gasteiger partial charge in [0.05, 0.1) is 0 Å². The summed E-state index contributed by atoms with van der Waals surface area (Å²) in [5, 5.41) is 1.08. The van der Waals surface area contributed by atoms with E-state index in [0.717, 1.165) is 37.7 Å². The number of unbranched alkanes of at least 4 members (excludes halogenated alkanes) is 2. The van der Waals surface area contributed by atoms with Crippen LogP contribution in [-0.4, -0.2) is 29.2 Å². The molecule has 0 aromatic rings. The van der Waals surface area contributed by atoms with Gasteiger partial charge < -0.3 is 4.90 Å². The number of carbonyl (C=O) groups is 1. The molecule has 0 spiro atoms. The molecule has 0 N–H and O–H groups in total. The molecule has 0 aromatic heterocycles. The molecule has 0 atom stereocenters. The minimum Gasteiger partial charge on any atom is -0.343 e. The number of piperidine rings is 1. The lowest BCUT2D eigenvalue weighted by molar-refractivity contribution is -0.133. The number of carbonyl (C=O) groups excluding carboxylic acids is 1. The summed E-state index contributed by atoms with van der Waals surface area (Å²) in [4.78, 5) is 13.4. The second-order valence-corrected chi connectivity index (χ2v) is 4.38. The van der Waals surface area contributed by atoms with E-state index in [2.05, 4.69) is 15.9 Å². The number of halogens is 1. The van der Waals surface area contributed by atoms with Crippen molar-refractivity contribution in [2.24, 2.45) is 0 Å². The highest BCUT2D eigenvalue weighted by Gasteiger charge is 2.16. The molecule has 13 heavy (non-hydrogen) atoms. The van der Waals surface area contributed by atoms with Gasteiger partial charge in [0.2, 0.25) is 5.91 Å². The first-order valence-electron chi connectivity index (χ1n) is 5.18. The Hall–Kier alpha value is -0.0500. The molecule has 1 aliphatic rings. The van der Waals surface area contributed by atoms with Crippen LogP contribution in [0, 0.1) is 0 Å². The summed E-state index contributed by atoms with van der Waals surface area (Å²) in [6.45, 7) is 1.97. The average molecular weight is 248 g/mol. The van der Waals surface area contributed by atoms with Gasteiger partial charge in [0.15, 0.2) is 0 Å². The Bertz CT molecular complexity index is 161. The fraction of sp³-hybridized carbons (Fsp3) is 0.900. The van der Waals surface area contributed by atoms with Crippen molar-refractivity contribution in [3.05, 3.63) is 0 Å². The van der Waals surface area contributed by atoms with Gasteiger partial charge >= 0.3 is 0 Å². The highest BCUT2D eigenvalue weighted by Crippen LogP contribution is 2.11. The summed E-state index contributed by atoms with van der Waals surface area (Å²) in [6.07, 6.45) is 6.69. The molecule has 1 rings (SSSR count). The zero-order valence-electron chi connectivity index (χ0n) is 8.10. The van der Waals surface area contributed by atoms with E-state index in [4.69, 9.17) is 0 Å². The molecule has 3 heteroatoms. The lowest BCUT2D eigenvalue weighted by atomic mass is 10.1. The van der Waals surface area contributed by atoms with Gasteiger partial charge in [-0.2, -0.15) is 0 Å². The van der Waals surface area contributed by atoms with Crippen LogP contribution in [0.25, 0.3) is 0 Å². The molecule has 76 valence electrons. The Balaban J connectivity index is 2.08. The largest absolute Gasteiger partial charge is 0.343 e. The first-order chi connectivity index (χ1) is 6.34. The van der Waals surface area contributed by atoms with Crippen LogP contribution in [0.4, 0.5) is 0 Å². The van der Waals surface area contributed by atoms with E-state index in [-0.39, 0.29) is 0 Å². The first-order valence-corrected chi connectivity index (χ1v) is 6.30. The van der Waals surface area contributed by atoms with Crippen LogP contribution < -0.4 is 0 Å². The molecule has 0 aliphatic carbocycles. The molecule has 1 aliphatic heterocycles. The fourth-order valence-corrected chi connectivity index (χ4v) is 2.07. The fourth-order valence-electron chi connectivity index (χ4n) is 1.67. The minimum atomic E-state index is 0.366. The van der Waals surface area contributed by atoms with Crippen LogP contribution in [0.15, 0.2) is 0 Å². The van der Waals surface area contributed by atoms with Crippen molar-refractivity contribution in [2.45, 2.75) is 38.5 Å². The Morgan fingerprint density at radius 3 is 2.77 bits per heavy atom. The number of hydrogen-bond acceptors (Lipinski definition) is 1. The molecule has 0 unspecified atom stereocenters. The van der Waals surface area contributed by atoms with Gasteiger partial charge in [-0.25, -0.2) is 0 Å². The maximum atomic E-state index is 11.4. The van der Waals surface area contributed by atoms with Gasteiger partial charge in [0.25, 0.3) is 0 Å². The van der Waals surface area contributed by atoms with E-state index in [1.54, 1.807) is 0 Å². The van der Waals surface area contributed by atoms with E-state index in [1.807, 2.05) is 4.90 Å². The highest BCUT2D eigenvalue weighted by molar-refractivity contribution is 9.09. The van der Waals surface area contributed by atoms with Crippen LogP contribution in [0.3, 0.4) is 0 Å². The van der Waals surface area contributed by atoms with Crippen molar-refractivity contribution in [2.75, 3.05) is 18.4 Å². The van der Waals surface area contributed by atoms with E-state index in [0.29, 0.717) is 5.91 Å². The SMILES string of the molecule is O=C1CCCCN1CCCCCBr. The molecule has 1 fully saturated rings. The third-order valence-electron chi connectivity index (χ3n) is 2.48. The van der Waals surface area contributed by atoms with Gasteiger partial charge in [-0.1, -0.05) is 22.4 Å². The molecule has 0 saturated carbocycles. The van der Waals surface area contributed by atoms with Crippen molar-refractivity contribution >= 4 is 21.8 Å². The van der Waals surface area contributed by atoms with Crippen molar-refractivity contribution < 1.29 is 4.79 Å².